The average molecular weight is 337 g/mol. The topological polar surface area (TPSA) is 40.6 Å². The van der Waals surface area contributed by atoms with Crippen LogP contribution in [0.4, 0.5) is 0 Å². The van der Waals surface area contributed by atoms with E-state index in [0.717, 1.165) is 25.9 Å². The summed E-state index contributed by atoms with van der Waals surface area (Å²) in [4.78, 5) is 28.6. The molecule has 1 aromatic rings. The number of hydrogen-bond acceptors (Lipinski definition) is 3. The Kier molecular flexibility index (Phi) is 6.19. The maximum absolute atomic E-state index is 12.7. The van der Waals surface area contributed by atoms with Gasteiger partial charge in [-0.3, -0.25) is 9.59 Å². The summed E-state index contributed by atoms with van der Waals surface area (Å²) >= 11 is 0. The number of ketones is 1. The summed E-state index contributed by atoms with van der Waals surface area (Å²) in [6.45, 7) is 5.75. The molecule has 1 amide bonds. The number of Topliss-reactive ketones (excluding diaryl/α,β-unsaturated/α-hetero) is 1. The molecule has 2 aliphatic rings. The van der Waals surface area contributed by atoms with Crippen LogP contribution < -0.4 is 0 Å². The van der Waals surface area contributed by atoms with Gasteiger partial charge in [-0.15, -0.1) is 12.4 Å². The Morgan fingerprint density at radius 2 is 1.61 bits per heavy atom. The molecule has 2 heterocycles. The van der Waals surface area contributed by atoms with Crippen LogP contribution in [0.25, 0.3) is 0 Å². The molecule has 0 aliphatic carbocycles. The van der Waals surface area contributed by atoms with E-state index in [1.54, 1.807) is 31.2 Å². The lowest BCUT2D eigenvalue weighted by Crippen LogP contribution is -2.42. The number of halogens is 1. The van der Waals surface area contributed by atoms with Gasteiger partial charge in [-0.05, 0) is 57.8 Å². The summed E-state index contributed by atoms with van der Waals surface area (Å²) in [6.07, 6.45) is 4.77. The molecular weight excluding hydrogens is 312 g/mol. The molecule has 0 radical (unpaired) electrons. The second-order valence-corrected chi connectivity index (χ2v) is 6.44. The van der Waals surface area contributed by atoms with Crippen molar-refractivity contribution in [2.45, 2.75) is 38.6 Å². The van der Waals surface area contributed by atoms with Crippen molar-refractivity contribution in [3.63, 3.8) is 0 Å². The third-order valence-electron chi connectivity index (χ3n) is 4.84. The Labute approximate surface area is 144 Å². The number of likely N-dealkylation sites (tertiary alicyclic amines) is 2. The zero-order valence-corrected chi connectivity index (χ0v) is 14.5. The third-order valence-corrected chi connectivity index (χ3v) is 4.84. The van der Waals surface area contributed by atoms with E-state index in [0.29, 0.717) is 17.2 Å². The SMILES string of the molecule is CC(=O)c1ccc(C(=O)N2CCCC2CN2CCCC2)cc1.Cl. The molecule has 126 valence electrons. The molecule has 2 aliphatic heterocycles. The normalized spacial score (nSPS) is 21.3. The van der Waals surface area contributed by atoms with E-state index < -0.39 is 0 Å². The van der Waals surface area contributed by atoms with E-state index in [1.807, 2.05) is 4.90 Å². The molecule has 5 heteroatoms. The largest absolute Gasteiger partial charge is 0.334 e. The van der Waals surface area contributed by atoms with Crippen molar-refractivity contribution in [2.75, 3.05) is 26.2 Å². The van der Waals surface area contributed by atoms with Gasteiger partial charge in [0, 0.05) is 30.3 Å². The van der Waals surface area contributed by atoms with Crippen LogP contribution in [0.1, 0.15) is 53.3 Å². The fourth-order valence-electron chi connectivity index (χ4n) is 3.57. The standard InChI is InChI=1S/C18H24N2O2.ClH/c1-14(21)15-6-8-16(9-7-15)18(22)20-12-4-5-17(20)13-19-10-2-3-11-19;/h6-9,17H,2-5,10-13H2,1H3;1H. The lowest BCUT2D eigenvalue weighted by Gasteiger charge is -2.28. The fourth-order valence-corrected chi connectivity index (χ4v) is 3.57. The van der Waals surface area contributed by atoms with Crippen LogP contribution in [0, 0.1) is 0 Å². The van der Waals surface area contributed by atoms with Crippen LogP contribution in [0.15, 0.2) is 24.3 Å². The third kappa shape index (κ3) is 4.12. The van der Waals surface area contributed by atoms with Gasteiger partial charge in [0.2, 0.25) is 0 Å². The Hall–Kier alpha value is -1.39. The highest BCUT2D eigenvalue weighted by Crippen LogP contribution is 2.22. The second kappa shape index (κ2) is 7.93. The summed E-state index contributed by atoms with van der Waals surface area (Å²) in [5.41, 5.74) is 1.35. The number of benzene rings is 1. The van der Waals surface area contributed by atoms with Crippen LogP contribution in [-0.2, 0) is 0 Å². The molecule has 3 rings (SSSR count). The molecule has 1 atom stereocenters. The number of carbonyl (C=O) groups excluding carboxylic acids is 2. The van der Waals surface area contributed by atoms with E-state index in [9.17, 15) is 9.59 Å². The first-order valence-electron chi connectivity index (χ1n) is 8.29. The molecule has 0 saturated carbocycles. The van der Waals surface area contributed by atoms with Gasteiger partial charge in [-0.25, -0.2) is 0 Å². The van der Waals surface area contributed by atoms with Gasteiger partial charge in [0.1, 0.15) is 0 Å². The predicted octanol–water partition coefficient (Wildman–Crippen LogP) is 3.01. The first-order chi connectivity index (χ1) is 10.6. The van der Waals surface area contributed by atoms with E-state index in [1.165, 1.54) is 25.9 Å². The fraction of sp³-hybridized carbons (Fsp3) is 0.556. The van der Waals surface area contributed by atoms with Gasteiger partial charge in [0.25, 0.3) is 5.91 Å². The molecular formula is C18H25ClN2O2. The van der Waals surface area contributed by atoms with Gasteiger partial charge in [0.05, 0.1) is 0 Å². The summed E-state index contributed by atoms with van der Waals surface area (Å²) in [5.74, 6) is 0.142. The Morgan fingerprint density at radius 1 is 1.00 bits per heavy atom. The Bertz CT molecular complexity index is 553. The molecule has 0 N–H and O–H groups in total. The highest BCUT2D eigenvalue weighted by Gasteiger charge is 2.31. The first kappa shape index (κ1) is 18.0. The zero-order chi connectivity index (χ0) is 15.5. The molecule has 23 heavy (non-hydrogen) atoms. The number of amides is 1. The van der Waals surface area contributed by atoms with E-state index >= 15 is 0 Å². The van der Waals surface area contributed by atoms with Crippen LogP contribution in [0.2, 0.25) is 0 Å². The van der Waals surface area contributed by atoms with Crippen molar-refractivity contribution in [3.05, 3.63) is 35.4 Å². The summed E-state index contributed by atoms with van der Waals surface area (Å²) < 4.78 is 0. The monoisotopic (exact) mass is 336 g/mol. The summed E-state index contributed by atoms with van der Waals surface area (Å²) in [6, 6.07) is 7.41. The smallest absolute Gasteiger partial charge is 0.254 e. The first-order valence-corrected chi connectivity index (χ1v) is 8.29. The quantitative estimate of drug-likeness (QED) is 0.794. The summed E-state index contributed by atoms with van der Waals surface area (Å²) in [5, 5.41) is 0. The molecule has 0 spiro atoms. The van der Waals surface area contributed by atoms with E-state index in [4.69, 9.17) is 0 Å². The molecule has 1 aromatic carbocycles. The maximum Gasteiger partial charge on any atom is 0.254 e. The molecule has 0 bridgehead atoms. The van der Waals surface area contributed by atoms with Crippen LogP contribution in [0.5, 0.6) is 0 Å². The van der Waals surface area contributed by atoms with Crippen LogP contribution >= 0.6 is 12.4 Å². The minimum absolute atomic E-state index is 0. The van der Waals surface area contributed by atoms with Crippen LogP contribution in [0.3, 0.4) is 0 Å². The number of nitrogens with zero attached hydrogens (tertiary/aromatic N) is 2. The number of hydrogen-bond donors (Lipinski definition) is 0. The van der Waals surface area contributed by atoms with Crippen molar-refractivity contribution in [2.24, 2.45) is 0 Å². The number of rotatable bonds is 4. The molecule has 4 nitrogen and oxygen atoms in total. The lowest BCUT2D eigenvalue weighted by atomic mass is 10.1. The van der Waals surface area contributed by atoms with Crippen LogP contribution in [-0.4, -0.2) is 53.7 Å². The minimum atomic E-state index is 0. The van der Waals surface area contributed by atoms with Crippen molar-refractivity contribution in [3.8, 4) is 0 Å². The van der Waals surface area contributed by atoms with Gasteiger partial charge in [-0.1, -0.05) is 12.1 Å². The minimum Gasteiger partial charge on any atom is -0.334 e. The number of carbonyl (C=O) groups is 2. The Morgan fingerprint density at radius 3 is 2.22 bits per heavy atom. The zero-order valence-electron chi connectivity index (χ0n) is 13.7. The van der Waals surface area contributed by atoms with Crippen molar-refractivity contribution >= 4 is 24.1 Å². The highest BCUT2D eigenvalue weighted by molar-refractivity contribution is 5.97. The Balaban J connectivity index is 0.00000192. The lowest BCUT2D eigenvalue weighted by molar-refractivity contribution is 0.0708. The van der Waals surface area contributed by atoms with Gasteiger partial charge in [0.15, 0.2) is 5.78 Å². The van der Waals surface area contributed by atoms with Gasteiger partial charge in [-0.2, -0.15) is 0 Å². The molecule has 2 fully saturated rings. The van der Waals surface area contributed by atoms with Crippen molar-refractivity contribution < 1.29 is 9.59 Å². The van der Waals surface area contributed by atoms with E-state index in [-0.39, 0.29) is 24.1 Å². The van der Waals surface area contributed by atoms with E-state index in [2.05, 4.69) is 4.90 Å². The van der Waals surface area contributed by atoms with Gasteiger partial charge >= 0.3 is 0 Å². The molecule has 2 saturated heterocycles. The highest BCUT2D eigenvalue weighted by atomic mass is 35.5. The molecule has 1 unspecified atom stereocenters. The summed E-state index contributed by atoms with van der Waals surface area (Å²) in [7, 11) is 0. The maximum atomic E-state index is 12.7. The van der Waals surface area contributed by atoms with Crippen molar-refractivity contribution in [1.82, 2.24) is 9.80 Å². The van der Waals surface area contributed by atoms with Crippen molar-refractivity contribution in [1.29, 1.82) is 0 Å². The van der Waals surface area contributed by atoms with Gasteiger partial charge < -0.3 is 9.80 Å². The molecule has 0 aromatic heterocycles. The predicted molar refractivity (Wildman–Crippen MR) is 93.4 cm³/mol. The second-order valence-electron chi connectivity index (χ2n) is 6.44. The average Bonchev–Trinajstić information content (AvgIpc) is 3.19.